The van der Waals surface area contributed by atoms with E-state index < -0.39 is 0 Å². The van der Waals surface area contributed by atoms with E-state index in [-0.39, 0.29) is 11.9 Å². The van der Waals surface area contributed by atoms with Crippen molar-refractivity contribution in [1.29, 1.82) is 0 Å². The molecule has 0 spiro atoms. The summed E-state index contributed by atoms with van der Waals surface area (Å²) in [6.07, 6.45) is 1.53. The first-order valence-corrected chi connectivity index (χ1v) is 7.66. The largest absolute Gasteiger partial charge is 0.338 e. The molecular weight excluding hydrogens is 260 g/mol. The molecule has 2 aromatic rings. The zero-order chi connectivity index (χ0) is 14.8. The van der Waals surface area contributed by atoms with Crippen LogP contribution in [0.1, 0.15) is 18.9 Å². The molecule has 1 fully saturated rings. The first kappa shape index (κ1) is 14.1. The van der Waals surface area contributed by atoms with Crippen LogP contribution in [0.15, 0.2) is 42.5 Å². The van der Waals surface area contributed by atoms with E-state index >= 15 is 0 Å². The molecule has 1 amide bonds. The van der Waals surface area contributed by atoms with Crippen LogP contribution in [0.2, 0.25) is 0 Å². The van der Waals surface area contributed by atoms with E-state index in [9.17, 15) is 4.79 Å². The van der Waals surface area contributed by atoms with E-state index in [1.807, 2.05) is 17.0 Å². The number of carbonyl (C=O) groups is 1. The summed E-state index contributed by atoms with van der Waals surface area (Å²) in [5.74, 6) is 0.709. The fraction of sp³-hybridized carbons (Fsp3) is 0.389. The summed E-state index contributed by atoms with van der Waals surface area (Å²) in [4.78, 5) is 14.5. The summed E-state index contributed by atoms with van der Waals surface area (Å²) in [5.41, 5.74) is 6.90. The average Bonchev–Trinajstić information content (AvgIpc) is 2.88. The van der Waals surface area contributed by atoms with Gasteiger partial charge in [0, 0.05) is 19.1 Å². The Labute approximate surface area is 125 Å². The van der Waals surface area contributed by atoms with E-state index in [1.165, 1.54) is 10.8 Å². The van der Waals surface area contributed by atoms with Gasteiger partial charge in [-0.15, -0.1) is 0 Å². The van der Waals surface area contributed by atoms with E-state index in [4.69, 9.17) is 5.73 Å². The molecule has 0 bridgehead atoms. The standard InChI is InChI=1S/C18H22N2O/c1-13-8-9-20(17(13)12-19)18(21)11-14-6-7-15-4-2-3-5-16(15)10-14/h2-7,10,13,17H,8-9,11-12,19H2,1H3. The number of hydrogen-bond acceptors (Lipinski definition) is 2. The molecule has 1 aliphatic heterocycles. The minimum absolute atomic E-state index is 0.199. The number of rotatable bonds is 3. The molecule has 1 saturated heterocycles. The summed E-state index contributed by atoms with van der Waals surface area (Å²) < 4.78 is 0. The lowest BCUT2D eigenvalue weighted by molar-refractivity contribution is -0.131. The minimum Gasteiger partial charge on any atom is -0.338 e. The van der Waals surface area contributed by atoms with Crippen LogP contribution in [0.4, 0.5) is 0 Å². The van der Waals surface area contributed by atoms with Crippen LogP contribution in [0.5, 0.6) is 0 Å². The molecule has 0 radical (unpaired) electrons. The first-order valence-electron chi connectivity index (χ1n) is 7.66. The van der Waals surface area contributed by atoms with Crippen molar-refractivity contribution in [2.24, 2.45) is 11.7 Å². The van der Waals surface area contributed by atoms with Gasteiger partial charge in [-0.25, -0.2) is 0 Å². The number of carbonyl (C=O) groups excluding carboxylic acids is 1. The van der Waals surface area contributed by atoms with Crippen LogP contribution >= 0.6 is 0 Å². The Hall–Kier alpha value is -1.87. The van der Waals surface area contributed by atoms with Gasteiger partial charge in [0.15, 0.2) is 0 Å². The van der Waals surface area contributed by atoms with E-state index in [0.29, 0.717) is 18.9 Å². The van der Waals surface area contributed by atoms with Crippen molar-refractivity contribution in [2.75, 3.05) is 13.1 Å². The van der Waals surface area contributed by atoms with Crippen molar-refractivity contribution in [2.45, 2.75) is 25.8 Å². The summed E-state index contributed by atoms with van der Waals surface area (Å²) in [6.45, 7) is 3.58. The van der Waals surface area contributed by atoms with Gasteiger partial charge in [-0.2, -0.15) is 0 Å². The van der Waals surface area contributed by atoms with Gasteiger partial charge in [0.25, 0.3) is 0 Å². The number of likely N-dealkylation sites (tertiary alicyclic amines) is 1. The Kier molecular flexibility index (Phi) is 3.93. The normalized spacial score (nSPS) is 21.9. The number of benzene rings is 2. The number of nitrogens with zero attached hydrogens (tertiary/aromatic N) is 1. The van der Waals surface area contributed by atoms with Crippen molar-refractivity contribution in [3.8, 4) is 0 Å². The smallest absolute Gasteiger partial charge is 0.227 e. The number of nitrogens with two attached hydrogens (primary N) is 1. The van der Waals surface area contributed by atoms with Crippen LogP contribution in [0.25, 0.3) is 10.8 Å². The zero-order valence-electron chi connectivity index (χ0n) is 12.5. The Morgan fingerprint density at radius 2 is 2.00 bits per heavy atom. The molecule has 2 N–H and O–H groups in total. The predicted molar refractivity (Wildman–Crippen MR) is 86.0 cm³/mol. The Morgan fingerprint density at radius 3 is 2.76 bits per heavy atom. The molecule has 1 heterocycles. The molecule has 1 aliphatic rings. The van der Waals surface area contributed by atoms with Crippen LogP contribution in [0.3, 0.4) is 0 Å². The molecule has 3 heteroatoms. The van der Waals surface area contributed by atoms with E-state index in [0.717, 1.165) is 18.5 Å². The zero-order valence-corrected chi connectivity index (χ0v) is 12.5. The third kappa shape index (κ3) is 2.79. The van der Waals surface area contributed by atoms with Gasteiger partial charge in [-0.05, 0) is 28.7 Å². The maximum absolute atomic E-state index is 12.5. The molecule has 110 valence electrons. The molecule has 0 aliphatic carbocycles. The molecular formula is C18H22N2O. The van der Waals surface area contributed by atoms with Gasteiger partial charge in [0.1, 0.15) is 0 Å². The number of hydrogen-bond donors (Lipinski definition) is 1. The molecule has 2 aromatic carbocycles. The summed E-state index contributed by atoms with van der Waals surface area (Å²) in [5, 5.41) is 2.40. The lowest BCUT2D eigenvalue weighted by Gasteiger charge is -2.25. The second kappa shape index (κ2) is 5.86. The van der Waals surface area contributed by atoms with Gasteiger partial charge in [0.05, 0.1) is 6.42 Å². The highest BCUT2D eigenvalue weighted by atomic mass is 16.2. The Morgan fingerprint density at radius 1 is 1.24 bits per heavy atom. The summed E-state index contributed by atoms with van der Waals surface area (Å²) in [7, 11) is 0. The van der Waals surface area contributed by atoms with Crippen molar-refractivity contribution < 1.29 is 4.79 Å². The van der Waals surface area contributed by atoms with Crippen molar-refractivity contribution in [3.05, 3.63) is 48.0 Å². The second-order valence-electron chi connectivity index (χ2n) is 6.01. The predicted octanol–water partition coefficient (Wildman–Crippen LogP) is 2.58. The van der Waals surface area contributed by atoms with Gasteiger partial charge in [0.2, 0.25) is 5.91 Å². The third-order valence-corrected chi connectivity index (χ3v) is 4.61. The van der Waals surface area contributed by atoms with E-state index in [1.54, 1.807) is 0 Å². The fourth-order valence-electron chi connectivity index (χ4n) is 3.30. The van der Waals surface area contributed by atoms with Gasteiger partial charge >= 0.3 is 0 Å². The Bertz CT molecular complexity index is 652. The van der Waals surface area contributed by atoms with Crippen LogP contribution in [0, 0.1) is 5.92 Å². The summed E-state index contributed by atoms with van der Waals surface area (Å²) >= 11 is 0. The van der Waals surface area contributed by atoms with Gasteiger partial charge in [-0.1, -0.05) is 49.4 Å². The van der Waals surface area contributed by atoms with Crippen molar-refractivity contribution >= 4 is 16.7 Å². The number of fused-ring (bicyclic) bond motifs is 1. The highest BCUT2D eigenvalue weighted by Gasteiger charge is 2.32. The monoisotopic (exact) mass is 282 g/mol. The van der Waals surface area contributed by atoms with Gasteiger partial charge < -0.3 is 10.6 Å². The first-order chi connectivity index (χ1) is 10.2. The average molecular weight is 282 g/mol. The lowest BCUT2D eigenvalue weighted by Crippen LogP contribution is -2.42. The van der Waals surface area contributed by atoms with Crippen LogP contribution in [-0.2, 0) is 11.2 Å². The quantitative estimate of drug-likeness (QED) is 0.940. The van der Waals surface area contributed by atoms with Crippen LogP contribution in [-0.4, -0.2) is 29.9 Å². The summed E-state index contributed by atoms with van der Waals surface area (Å²) in [6, 6.07) is 14.7. The van der Waals surface area contributed by atoms with E-state index in [2.05, 4.69) is 37.3 Å². The second-order valence-corrected chi connectivity index (χ2v) is 6.01. The molecule has 3 rings (SSSR count). The SMILES string of the molecule is CC1CCN(C(=O)Cc2ccc3ccccc3c2)C1CN. The third-order valence-electron chi connectivity index (χ3n) is 4.61. The maximum Gasteiger partial charge on any atom is 0.227 e. The highest BCUT2D eigenvalue weighted by molar-refractivity contribution is 5.85. The Balaban J connectivity index is 1.77. The van der Waals surface area contributed by atoms with Crippen LogP contribution < -0.4 is 5.73 Å². The molecule has 2 unspecified atom stereocenters. The highest BCUT2D eigenvalue weighted by Crippen LogP contribution is 2.24. The van der Waals surface area contributed by atoms with Crippen molar-refractivity contribution in [1.82, 2.24) is 4.90 Å². The topological polar surface area (TPSA) is 46.3 Å². The molecule has 21 heavy (non-hydrogen) atoms. The van der Waals surface area contributed by atoms with Crippen molar-refractivity contribution in [3.63, 3.8) is 0 Å². The number of amides is 1. The molecule has 0 saturated carbocycles. The molecule has 2 atom stereocenters. The fourth-order valence-corrected chi connectivity index (χ4v) is 3.30. The lowest BCUT2D eigenvalue weighted by atomic mass is 10.0. The maximum atomic E-state index is 12.5. The minimum atomic E-state index is 0.199. The van der Waals surface area contributed by atoms with Gasteiger partial charge in [-0.3, -0.25) is 4.79 Å². The molecule has 3 nitrogen and oxygen atoms in total. The molecule has 0 aromatic heterocycles.